The summed E-state index contributed by atoms with van der Waals surface area (Å²) in [6, 6.07) is 12.7. The van der Waals surface area contributed by atoms with Crippen LogP contribution in [0.2, 0.25) is 10.0 Å². The van der Waals surface area contributed by atoms with Gasteiger partial charge >= 0.3 is 0 Å². The fraction of sp³-hybridized carbons (Fsp3) is 0.222. The predicted molar refractivity (Wildman–Crippen MR) is 97.3 cm³/mol. The van der Waals surface area contributed by atoms with E-state index >= 15 is 0 Å². The van der Waals surface area contributed by atoms with Crippen molar-refractivity contribution >= 4 is 23.2 Å². The summed E-state index contributed by atoms with van der Waals surface area (Å²) in [7, 11) is 0. The third-order valence-corrected chi connectivity index (χ3v) is 4.29. The van der Waals surface area contributed by atoms with E-state index in [0.29, 0.717) is 40.9 Å². The number of hydrogen-bond acceptors (Lipinski definition) is 4. The van der Waals surface area contributed by atoms with Crippen LogP contribution in [0.15, 0.2) is 55.1 Å². The fourth-order valence-electron chi connectivity index (χ4n) is 2.39. The van der Waals surface area contributed by atoms with Gasteiger partial charge in [-0.2, -0.15) is 5.10 Å². The Morgan fingerprint density at radius 3 is 2.52 bits per heavy atom. The summed E-state index contributed by atoms with van der Waals surface area (Å²) in [6.07, 6.45) is 3.76. The van der Waals surface area contributed by atoms with Gasteiger partial charge in [0.1, 0.15) is 24.2 Å². The lowest BCUT2D eigenvalue weighted by atomic mass is 10.1. The molecule has 0 saturated heterocycles. The summed E-state index contributed by atoms with van der Waals surface area (Å²) in [5.74, 6) is 1.34. The van der Waals surface area contributed by atoms with Crippen molar-refractivity contribution in [3.05, 3.63) is 70.7 Å². The molecule has 0 bridgehead atoms. The molecule has 1 atom stereocenters. The lowest BCUT2D eigenvalue weighted by Crippen LogP contribution is -2.17. The molecule has 7 heteroatoms. The highest BCUT2D eigenvalue weighted by molar-refractivity contribution is 6.31. The van der Waals surface area contributed by atoms with E-state index in [1.54, 1.807) is 41.3 Å². The molecule has 1 heterocycles. The Hall–Kier alpha value is -2.08. The number of halogens is 2. The highest BCUT2D eigenvalue weighted by Gasteiger charge is 2.09. The normalized spacial score (nSPS) is 12.1. The molecule has 0 aliphatic carbocycles. The molecule has 0 spiro atoms. The van der Waals surface area contributed by atoms with Crippen molar-refractivity contribution < 1.29 is 9.84 Å². The van der Waals surface area contributed by atoms with Crippen molar-refractivity contribution in [2.24, 2.45) is 0 Å². The second-order valence-electron chi connectivity index (χ2n) is 5.62. The first-order chi connectivity index (χ1) is 12.1. The Morgan fingerprint density at radius 1 is 1.08 bits per heavy atom. The highest BCUT2D eigenvalue weighted by Crippen LogP contribution is 2.28. The van der Waals surface area contributed by atoms with Crippen LogP contribution in [0.1, 0.15) is 12.0 Å². The van der Waals surface area contributed by atoms with E-state index < -0.39 is 6.10 Å². The average molecular weight is 378 g/mol. The molecule has 25 heavy (non-hydrogen) atoms. The van der Waals surface area contributed by atoms with Crippen LogP contribution in [0.3, 0.4) is 0 Å². The third kappa shape index (κ3) is 5.19. The molecular formula is C18H17Cl2N3O2. The molecule has 3 aromatic rings. The Labute approximate surface area is 155 Å². The maximum Gasteiger partial charge on any atom is 0.137 e. The van der Waals surface area contributed by atoms with Crippen LogP contribution >= 0.6 is 23.2 Å². The lowest BCUT2D eigenvalue weighted by molar-refractivity contribution is 0.140. The Morgan fingerprint density at radius 2 is 1.84 bits per heavy atom. The van der Waals surface area contributed by atoms with Crippen LogP contribution in [0.25, 0.3) is 0 Å². The molecule has 0 aliphatic rings. The van der Waals surface area contributed by atoms with E-state index in [1.165, 1.54) is 6.33 Å². The Kier molecular flexibility index (Phi) is 5.91. The number of benzene rings is 2. The Balaban J connectivity index is 1.57. The van der Waals surface area contributed by atoms with Gasteiger partial charge in [-0.1, -0.05) is 29.3 Å². The van der Waals surface area contributed by atoms with Gasteiger partial charge in [0.25, 0.3) is 0 Å². The van der Waals surface area contributed by atoms with Crippen molar-refractivity contribution in [1.29, 1.82) is 0 Å². The van der Waals surface area contributed by atoms with Gasteiger partial charge in [-0.25, -0.2) is 4.98 Å². The standard InChI is InChI=1S/C18H17Cl2N3O2/c19-14-3-7-16(8-4-14)25-17-6-2-13(18(20)9-17)1-5-15(24)10-23-12-21-11-22-23/h2-4,6-9,11-12,15,24H,1,5,10H2. The minimum atomic E-state index is -0.511. The molecule has 0 fully saturated rings. The molecule has 1 unspecified atom stereocenters. The summed E-state index contributed by atoms with van der Waals surface area (Å²) in [5.41, 5.74) is 0.961. The van der Waals surface area contributed by atoms with Crippen LogP contribution in [0.5, 0.6) is 11.5 Å². The maximum atomic E-state index is 10.1. The molecule has 5 nitrogen and oxygen atoms in total. The molecule has 1 aromatic heterocycles. The number of ether oxygens (including phenoxy) is 1. The van der Waals surface area contributed by atoms with Crippen LogP contribution in [-0.2, 0) is 13.0 Å². The highest BCUT2D eigenvalue weighted by atomic mass is 35.5. The summed E-state index contributed by atoms with van der Waals surface area (Å²) in [5, 5.41) is 15.3. The van der Waals surface area contributed by atoms with E-state index in [2.05, 4.69) is 10.1 Å². The molecule has 0 amide bonds. The number of aryl methyl sites for hydroxylation is 1. The molecule has 1 N–H and O–H groups in total. The van der Waals surface area contributed by atoms with Crippen molar-refractivity contribution in [3.8, 4) is 11.5 Å². The minimum Gasteiger partial charge on any atom is -0.457 e. The molecular weight excluding hydrogens is 361 g/mol. The molecule has 0 radical (unpaired) electrons. The zero-order valence-electron chi connectivity index (χ0n) is 13.3. The lowest BCUT2D eigenvalue weighted by Gasteiger charge is -2.12. The number of aromatic nitrogens is 3. The monoisotopic (exact) mass is 377 g/mol. The topological polar surface area (TPSA) is 60.2 Å². The number of nitrogens with zero attached hydrogens (tertiary/aromatic N) is 3. The first-order valence-corrected chi connectivity index (χ1v) is 8.58. The number of aliphatic hydroxyl groups excluding tert-OH is 1. The quantitative estimate of drug-likeness (QED) is 0.663. The van der Waals surface area contributed by atoms with Gasteiger partial charge in [-0.3, -0.25) is 4.68 Å². The van der Waals surface area contributed by atoms with Crippen LogP contribution < -0.4 is 4.74 Å². The Bertz CT molecular complexity index is 808. The average Bonchev–Trinajstić information content (AvgIpc) is 3.09. The van der Waals surface area contributed by atoms with Crippen molar-refractivity contribution in [3.63, 3.8) is 0 Å². The summed E-state index contributed by atoms with van der Waals surface area (Å²) in [6.45, 7) is 0.412. The fourth-order valence-corrected chi connectivity index (χ4v) is 2.78. The van der Waals surface area contributed by atoms with E-state index in [9.17, 15) is 5.11 Å². The van der Waals surface area contributed by atoms with Gasteiger partial charge in [0.2, 0.25) is 0 Å². The third-order valence-electron chi connectivity index (χ3n) is 3.69. The van der Waals surface area contributed by atoms with E-state index in [0.717, 1.165) is 5.56 Å². The van der Waals surface area contributed by atoms with Crippen LogP contribution in [-0.4, -0.2) is 26.0 Å². The first-order valence-electron chi connectivity index (χ1n) is 7.82. The van der Waals surface area contributed by atoms with E-state index in [-0.39, 0.29) is 0 Å². The maximum absolute atomic E-state index is 10.1. The van der Waals surface area contributed by atoms with Gasteiger partial charge in [-0.05, 0) is 54.8 Å². The van der Waals surface area contributed by atoms with Gasteiger partial charge < -0.3 is 9.84 Å². The van der Waals surface area contributed by atoms with E-state index in [1.807, 2.05) is 12.1 Å². The van der Waals surface area contributed by atoms with Gasteiger partial charge in [0.05, 0.1) is 12.6 Å². The SMILES string of the molecule is OC(CCc1ccc(Oc2ccc(Cl)cc2)cc1Cl)Cn1cncn1. The molecule has 0 aliphatic heterocycles. The van der Waals surface area contributed by atoms with Crippen molar-refractivity contribution in [2.75, 3.05) is 0 Å². The van der Waals surface area contributed by atoms with E-state index in [4.69, 9.17) is 27.9 Å². The number of hydrogen-bond donors (Lipinski definition) is 1. The molecule has 2 aromatic carbocycles. The zero-order chi connectivity index (χ0) is 17.6. The predicted octanol–water partition coefficient (Wildman–Crippen LogP) is 4.37. The number of rotatable bonds is 7. The first kappa shape index (κ1) is 17.7. The van der Waals surface area contributed by atoms with Gasteiger partial charge in [0.15, 0.2) is 0 Å². The molecule has 0 saturated carbocycles. The second-order valence-corrected chi connectivity index (χ2v) is 6.46. The van der Waals surface area contributed by atoms with Crippen molar-refractivity contribution in [2.45, 2.75) is 25.5 Å². The molecule has 3 rings (SSSR count). The number of aliphatic hydroxyl groups is 1. The smallest absolute Gasteiger partial charge is 0.137 e. The van der Waals surface area contributed by atoms with Crippen molar-refractivity contribution in [1.82, 2.24) is 14.8 Å². The van der Waals surface area contributed by atoms with Crippen LogP contribution in [0, 0.1) is 0 Å². The van der Waals surface area contributed by atoms with Gasteiger partial charge in [0, 0.05) is 10.0 Å². The minimum absolute atomic E-state index is 0.412. The van der Waals surface area contributed by atoms with Gasteiger partial charge in [-0.15, -0.1) is 0 Å². The summed E-state index contributed by atoms with van der Waals surface area (Å²) < 4.78 is 7.36. The summed E-state index contributed by atoms with van der Waals surface area (Å²) in [4.78, 5) is 3.85. The largest absolute Gasteiger partial charge is 0.457 e. The molecule has 130 valence electrons. The second kappa shape index (κ2) is 8.34. The zero-order valence-corrected chi connectivity index (χ0v) is 14.9. The van der Waals surface area contributed by atoms with Crippen LogP contribution in [0.4, 0.5) is 0 Å². The summed E-state index contributed by atoms with van der Waals surface area (Å²) >= 11 is 12.2.